The topological polar surface area (TPSA) is 80.9 Å². The zero-order valence-corrected chi connectivity index (χ0v) is 19.3. The first-order valence-electron chi connectivity index (χ1n) is 11.0. The first-order valence-corrected chi connectivity index (χ1v) is 11.0. The molecule has 1 amide bonds. The van der Waals surface area contributed by atoms with E-state index in [2.05, 4.69) is 48.7 Å². The summed E-state index contributed by atoms with van der Waals surface area (Å²) < 4.78 is 7.32. The number of aliphatic imine (C=N–C) groups is 1. The Bertz CT molecular complexity index is 1090. The van der Waals surface area contributed by atoms with Crippen molar-refractivity contribution in [3.8, 4) is 5.75 Å². The Morgan fingerprint density at radius 1 is 1.31 bits per heavy atom. The number of hydrogen-bond donors (Lipinski definition) is 1. The predicted octanol–water partition coefficient (Wildman–Crippen LogP) is 5.38. The molecule has 1 N–H and O–H groups in total. The van der Waals surface area contributed by atoms with Gasteiger partial charge in [-0.2, -0.15) is 0 Å². The zero-order valence-electron chi connectivity index (χ0n) is 19.3. The summed E-state index contributed by atoms with van der Waals surface area (Å²) in [6.07, 6.45) is 12.6. The van der Waals surface area contributed by atoms with E-state index in [1.807, 2.05) is 6.07 Å². The van der Waals surface area contributed by atoms with Crippen LogP contribution in [-0.4, -0.2) is 33.2 Å². The minimum absolute atomic E-state index is 0.274. The minimum atomic E-state index is -0.366. The molecule has 2 heterocycles. The second-order valence-electron chi connectivity index (χ2n) is 7.73. The van der Waals surface area contributed by atoms with Gasteiger partial charge in [0.2, 0.25) is 0 Å². The van der Waals surface area contributed by atoms with Crippen LogP contribution in [0.4, 0.5) is 5.69 Å². The van der Waals surface area contributed by atoms with E-state index in [1.54, 1.807) is 36.3 Å². The van der Waals surface area contributed by atoms with Crippen LogP contribution in [0.25, 0.3) is 5.65 Å². The summed E-state index contributed by atoms with van der Waals surface area (Å²) in [6, 6.07) is 4.09. The van der Waals surface area contributed by atoms with E-state index in [1.165, 1.54) is 11.6 Å². The van der Waals surface area contributed by atoms with Crippen LogP contribution in [-0.2, 0) is 0 Å². The van der Waals surface area contributed by atoms with E-state index in [4.69, 9.17) is 9.73 Å². The van der Waals surface area contributed by atoms with E-state index in [-0.39, 0.29) is 11.6 Å². The number of carbonyl (C=O) groups is 1. The third-order valence-electron chi connectivity index (χ3n) is 5.53. The number of hydrogen-bond acceptors (Lipinski definition) is 5. The molecule has 0 atom stereocenters. The van der Waals surface area contributed by atoms with Gasteiger partial charge in [-0.15, -0.1) is 0 Å². The molecule has 0 aliphatic heterocycles. The van der Waals surface area contributed by atoms with Gasteiger partial charge < -0.3 is 14.5 Å². The van der Waals surface area contributed by atoms with Gasteiger partial charge in [0.15, 0.2) is 5.65 Å². The molecule has 0 saturated heterocycles. The lowest BCUT2D eigenvalue weighted by Gasteiger charge is -2.21. The number of amidine groups is 1. The molecule has 0 bridgehead atoms. The first-order chi connectivity index (χ1) is 15.5. The Kier molecular flexibility index (Phi) is 7.76. The van der Waals surface area contributed by atoms with Gasteiger partial charge in [-0.05, 0) is 49.0 Å². The minimum Gasteiger partial charge on any atom is -0.494 e. The number of aromatic nitrogens is 3. The monoisotopic (exact) mass is 433 g/mol. The molecular formula is C25H31N5O2. The fourth-order valence-electron chi connectivity index (χ4n) is 3.97. The average molecular weight is 434 g/mol. The number of carbonyl (C=O) groups excluding carboxylic acids is 1. The van der Waals surface area contributed by atoms with Crippen molar-refractivity contribution in [2.75, 3.05) is 7.11 Å². The number of benzene rings is 1. The van der Waals surface area contributed by atoms with Crippen molar-refractivity contribution in [3.05, 3.63) is 66.4 Å². The molecule has 3 aromatic rings. The predicted molar refractivity (Wildman–Crippen MR) is 128 cm³/mol. The molecule has 168 valence electrons. The fourth-order valence-corrected chi connectivity index (χ4v) is 3.97. The summed E-state index contributed by atoms with van der Waals surface area (Å²) in [5, 5.41) is 2.81. The second-order valence-corrected chi connectivity index (χ2v) is 7.73. The SMILES string of the molecule is C=C/C(=N\c1c(OC)ccc(C(CCC)CCC)c1C)NC(=O)c1cn2ccncc2n1. The molecule has 0 saturated carbocycles. The number of methoxy groups -OCH3 is 1. The van der Waals surface area contributed by atoms with E-state index in [9.17, 15) is 4.79 Å². The van der Waals surface area contributed by atoms with Gasteiger partial charge in [0.1, 0.15) is 23.0 Å². The number of nitrogens with zero attached hydrogens (tertiary/aromatic N) is 4. The van der Waals surface area contributed by atoms with E-state index in [0.29, 0.717) is 28.8 Å². The van der Waals surface area contributed by atoms with Gasteiger partial charge in [0, 0.05) is 18.6 Å². The van der Waals surface area contributed by atoms with Crippen molar-refractivity contribution in [2.24, 2.45) is 4.99 Å². The molecule has 0 unspecified atom stereocenters. The summed E-state index contributed by atoms with van der Waals surface area (Å²) in [7, 11) is 1.62. The van der Waals surface area contributed by atoms with Crippen molar-refractivity contribution < 1.29 is 9.53 Å². The number of ether oxygens (including phenoxy) is 1. The third-order valence-corrected chi connectivity index (χ3v) is 5.53. The average Bonchev–Trinajstić information content (AvgIpc) is 3.24. The van der Waals surface area contributed by atoms with Crippen LogP contribution >= 0.6 is 0 Å². The summed E-state index contributed by atoms with van der Waals surface area (Å²) in [6.45, 7) is 10.3. The fraction of sp³-hybridized carbons (Fsp3) is 0.360. The molecule has 0 radical (unpaired) electrons. The molecular weight excluding hydrogens is 402 g/mol. The maximum atomic E-state index is 12.8. The summed E-state index contributed by atoms with van der Waals surface area (Å²) in [4.78, 5) is 25.9. The van der Waals surface area contributed by atoms with Crippen LogP contribution < -0.4 is 10.1 Å². The lowest BCUT2D eigenvalue weighted by Crippen LogP contribution is -2.29. The van der Waals surface area contributed by atoms with Crippen LogP contribution in [0, 0.1) is 6.92 Å². The molecule has 2 aromatic heterocycles. The van der Waals surface area contributed by atoms with E-state index < -0.39 is 0 Å². The number of rotatable bonds is 9. The molecule has 3 rings (SSSR count). The van der Waals surface area contributed by atoms with Crippen LogP contribution in [0.2, 0.25) is 0 Å². The Hall–Kier alpha value is -3.48. The Balaban J connectivity index is 1.95. The van der Waals surface area contributed by atoms with Crippen molar-refractivity contribution in [3.63, 3.8) is 0 Å². The Morgan fingerprint density at radius 2 is 2.06 bits per heavy atom. The third kappa shape index (κ3) is 5.04. The zero-order chi connectivity index (χ0) is 23.1. The summed E-state index contributed by atoms with van der Waals surface area (Å²) in [5.41, 5.74) is 3.91. The molecule has 1 aromatic carbocycles. The second kappa shape index (κ2) is 10.7. The smallest absolute Gasteiger partial charge is 0.277 e. The van der Waals surface area contributed by atoms with Crippen LogP contribution in [0.5, 0.6) is 5.75 Å². The Morgan fingerprint density at radius 3 is 2.69 bits per heavy atom. The van der Waals surface area contributed by atoms with Crippen molar-refractivity contribution in [1.29, 1.82) is 0 Å². The quantitative estimate of drug-likeness (QED) is 0.363. The van der Waals surface area contributed by atoms with Gasteiger partial charge in [-0.1, -0.05) is 39.3 Å². The van der Waals surface area contributed by atoms with Crippen LogP contribution in [0.3, 0.4) is 0 Å². The lowest BCUT2D eigenvalue weighted by molar-refractivity contribution is 0.0973. The molecule has 0 aliphatic rings. The highest BCUT2D eigenvalue weighted by atomic mass is 16.5. The number of nitrogens with one attached hydrogen (secondary N) is 1. The Labute approximate surface area is 189 Å². The normalized spacial score (nSPS) is 11.7. The highest BCUT2D eigenvalue weighted by molar-refractivity contribution is 6.10. The molecule has 0 fully saturated rings. The van der Waals surface area contributed by atoms with Gasteiger partial charge >= 0.3 is 0 Å². The van der Waals surface area contributed by atoms with Gasteiger partial charge in [-0.3, -0.25) is 9.78 Å². The highest BCUT2D eigenvalue weighted by Gasteiger charge is 2.18. The van der Waals surface area contributed by atoms with E-state index in [0.717, 1.165) is 31.2 Å². The maximum Gasteiger partial charge on any atom is 0.277 e. The number of imidazole rings is 1. The van der Waals surface area contributed by atoms with Crippen LogP contribution in [0.1, 0.15) is 67.1 Å². The standard InChI is InChI=1S/C25H31N5O2/c1-6-9-18(10-7-2)19-11-12-21(32-5)24(17(19)4)28-22(8-3)29-25(31)20-16-30-14-13-26-15-23(30)27-20/h8,11-16,18H,3,6-7,9-10H2,1-2,4-5H3,(H,28,29,31). The lowest BCUT2D eigenvalue weighted by atomic mass is 9.87. The van der Waals surface area contributed by atoms with Gasteiger partial charge in [0.25, 0.3) is 5.91 Å². The van der Waals surface area contributed by atoms with Crippen molar-refractivity contribution >= 4 is 23.1 Å². The molecule has 0 aliphatic carbocycles. The van der Waals surface area contributed by atoms with Gasteiger partial charge in [0.05, 0.1) is 13.3 Å². The number of fused-ring (bicyclic) bond motifs is 1. The molecule has 7 heteroatoms. The molecule has 0 spiro atoms. The molecule has 32 heavy (non-hydrogen) atoms. The summed E-state index contributed by atoms with van der Waals surface area (Å²) in [5.74, 6) is 1.10. The summed E-state index contributed by atoms with van der Waals surface area (Å²) >= 11 is 0. The van der Waals surface area contributed by atoms with E-state index >= 15 is 0 Å². The molecule has 7 nitrogen and oxygen atoms in total. The first kappa shape index (κ1) is 23.2. The van der Waals surface area contributed by atoms with Crippen molar-refractivity contribution in [2.45, 2.75) is 52.4 Å². The highest BCUT2D eigenvalue weighted by Crippen LogP contribution is 2.39. The van der Waals surface area contributed by atoms with Crippen LogP contribution in [0.15, 0.2) is 54.6 Å². The maximum absolute atomic E-state index is 12.8. The largest absolute Gasteiger partial charge is 0.494 e. The van der Waals surface area contributed by atoms with Crippen molar-refractivity contribution in [1.82, 2.24) is 19.7 Å². The number of amides is 1. The van der Waals surface area contributed by atoms with Gasteiger partial charge in [-0.25, -0.2) is 9.98 Å².